The predicted octanol–water partition coefficient (Wildman–Crippen LogP) is 2.82. The van der Waals surface area contributed by atoms with Crippen molar-refractivity contribution in [3.63, 3.8) is 0 Å². The molecule has 3 heteroatoms. The number of hydrogen-bond donors (Lipinski definition) is 0. The van der Waals surface area contributed by atoms with Crippen LogP contribution in [0.2, 0.25) is 0 Å². The summed E-state index contributed by atoms with van der Waals surface area (Å²) in [5, 5.41) is 0. The van der Waals surface area contributed by atoms with Gasteiger partial charge in [0.1, 0.15) is 5.69 Å². The second-order valence-corrected chi connectivity index (χ2v) is 4.91. The highest BCUT2D eigenvalue weighted by Gasteiger charge is 2.27. The molecule has 0 bridgehead atoms. The van der Waals surface area contributed by atoms with E-state index < -0.39 is 0 Å². The fourth-order valence-corrected chi connectivity index (χ4v) is 2.58. The van der Waals surface area contributed by atoms with E-state index in [1.807, 2.05) is 17.8 Å². The maximum Gasteiger partial charge on any atom is 0.185 e. The molecule has 0 unspecified atom stereocenters. The number of Topliss-reactive ketones (excluding diaryl/α,β-unsaturated/α-hetero) is 1. The standard InChI is InChI=1S/C13H20N2O/c1-3-10-4-6-11(7-5-10)13(16)12-8-15(2)9-14-12/h8-11H,3-7H2,1-2H3. The number of aromatic nitrogens is 2. The molecule has 0 aromatic carbocycles. The van der Waals surface area contributed by atoms with Crippen molar-refractivity contribution in [1.82, 2.24) is 9.55 Å². The molecular formula is C13H20N2O. The summed E-state index contributed by atoms with van der Waals surface area (Å²) in [5.74, 6) is 1.31. The summed E-state index contributed by atoms with van der Waals surface area (Å²) in [6, 6.07) is 0. The van der Waals surface area contributed by atoms with Gasteiger partial charge in [0.2, 0.25) is 0 Å². The number of aryl methyl sites for hydroxylation is 1. The Bertz CT molecular complexity index is 362. The first-order chi connectivity index (χ1) is 7.70. The Balaban J connectivity index is 1.96. The summed E-state index contributed by atoms with van der Waals surface area (Å²) >= 11 is 0. The molecule has 1 aliphatic rings. The third-order valence-corrected chi connectivity index (χ3v) is 3.75. The number of imidazole rings is 1. The zero-order chi connectivity index (χ0) is 11.5. The predicted molar refractivity (Wildman–Crippen MR) is 63.3 cm³/mol. The molecule has 0 amide bonds. The Labute approximate surface area is 96.9 Å². The lowest BCUT2D eigenvalue weighted by molar-refractivity contribution is 0.0866. The molecule has 2 rings (SSSR count). The number of hydrogen-bond acceptors (Lipinski definition) is 2. The minimum absolute atomic E-state index is 0.220. The van der Waals surface area contributed by atoms with Gasteiger partial charge in [-0.3, -0.25) is 4.79 Å². The quantitative estimate of drug-likeness (QED) is 0.734. The van der Waals surface area contributed by atoms with Gasteiger partial charge in [0, 0.05) is 19.2 Å². The van der Waals surface area contributed by atoms with Crippen molar-refractivity contribution in [2.24, 2.45) is 18.9 Å². The summed E-state index contributed by atoms with van der Waals surface area (Å²) in [6.07, 6.45) is 9.30. The lowest BCUT2D eigenvalue weighted by atomic mass is 9.78. The zero-order valence-corrected chi connectivity index (χ0v) is 10.1. The average Bonchev–Trinajstić information content (AvgIpc) is 2.75. The molecule has 1 fully saturated rings. The second kappa shape index (κ2) is 4.81. The number of carbonyl (C=O) groups is 1. The van der Waals surface area contributed by atoms with E-state index in [0.29, 0.717) is 5.69 Å². The lowest BCUT2D eigenvalue weighted by Gasteiger charge is -2.26. The van der Waals surface area contributed by atoms with Crippen LogP contribution >= 0.6 is 0 Å². The smallest absolute Gasteiger partial charge is 0.185 e. The van der Waals surface area contributed by atoms with Crippen molar-refractivity contribution in [2.75, 3.05) is 0 Å². The Kier molecular flexibility index (Phi) is 3.42. The molecule has 1 saturated carbocycles. The minimum atomic E-state index is 0.220. The van der Waals surface area contributed by atoms with Gasteiger partial charge in [0.05, 0.1) is 6.33 Å². The normalized spacial score (nSPS) is 25.6. The van der Waals surface area contributed by atoms with E-state index in [2.05, 4.69) is 11.9 Å². The summed E-state index contributed by atoms with van der Waals surface area (Å²) in [7, 11) is 1.90. The van der Waals surface area contributed by atoms with Gasteiger partial charge in [-0.05, 0) is 31.6 Å². The fraction of sp³-hybridized carbons (Fsp3) is 0.692. The first kappa shape index (κ1) is 11.4. The van der Waals surface area contributed by atoms with Crippen LogP contribution in [0.25, 0.3) is 0 Å². The number of carbonyl (C=O) groups excluding carboxylic acids is 1. The van der Waals surface area contributed by atoms with Crippen LogP contribution in [0.3, 0.4) is 0 Å². The fourth-order valence-electron chi connectivity index (χ4n) is 2.58. The highest BCUT2D eigenvalue weighted by molar-refractivity contribution is 5.95. The van der Waals surface area contributed by atoms with Gasteiger partial charge in [-0.15, -0.1) is 0 Å². The van der Waals surface area contributed by atoms with Crippen LogP contribution in [0.5, 0.6) is 0 Å². The van der Waals surface area contributed by atoms with Crippen molar-refractivity contribution >= 4 is 5.78 Å². The van der Waals surface area contributed by atoms with E-state index in [0.717, 1.165) is 18.8 Å². The van der Waals surface area contributed by atoms with E-state index >= 15 is 0 Å². The molecular weight excluding hydrogens is 200 g/mol. The van der Waals surface area contributed by atoms with E-state index in [9.17, 15) is 4.79 Å². The van der Waals surface area contributed by atoms with Crippen LogP contribution in [0, 0.1) is 11.8 Å². The minimum Gasteiger partial charge on any atom is -0.340 e. The Morgan fingerprint density at radius 3 is 2.62 bits per heavy atom. The van der Waals surface area contributed by atoms with Crippen LogP contribution in [0.4, 0.5) is 0 Å². The largest absolute Gasteiger partial charge is 0.340 e. The molecule has 1 aromatic heterocycles. The van der Waals surface area contributed by atoms with Gasteiger partial charge in [0.15, 0.2) is 5.78 Å². The maximum absolute atomic E-state index is 12.1. The highest BCUT2D eigenvalue weighted by Crippen LogP contribution is 2.32. The van der Waals surface area contributed by atoms with Gasteiger partial charge in [-0.1, -0.05) is 13.3 Å². The molecule has 1 heterocycles. The number of rotatable bonds is 3. The van der Waals surface area contributed by atoms with Crippen LogP contribution in [0.1, 0.15) is 49.5 Å². The van der Waals surface area contributed by atoms with Crippen molar-refractivity contribution in [2.45, 2.75) is 39.0 Å². The summed E-state index contributed by atoms with van der Waals surface area (Å²) in [6.45, 7) is 2.24. The molecule has 16 heavy (non-hydrogen) atoms. The van der Waals surface area contributed by atoms with Crippen molar-refractivity contribution in [3.05, 3.63) is 18.2 Å². The van der Waals surface area contributed by atoms with Crippen LogP contribution < -0.4 is 0 Å². The monoisotopic (exact) mass is 220 g/mol. The molecule has 0 saturated heterocycles. The maximum atomic E-state index is 12.1. The third kappa shape index (κ3) is 2.34. The Morgan fingerprint density at radius 2 is 2.12 bits per heavy atom. The lowest BCUT2D eigenvalue weighted by Crippen LogP contribution is -2.22. The first-order valence-corrected chi connectivity index (χ1v) is 6.23. The van der Waals surface area contributed by atoms with E-state index in [-0.39, 0.29) is 11.7 Å². The van der Waals surface area contributed by atoms with Gasteiger partial charge in [0.25, 0.3) is 0 Å². The Hall–Kier alpha value is -1.12. The molecule has 0 radical (unpaired) electrons. The second-order valence-electron chi connectivity index (χ2n) is 4.91. The van der Waals surface area contributed by atoms with Crippen molar-refractivity contribution in [3.8, 4) is 0 Å². The summed E-state index contributed by atoms with van der Waals surface area (Å²) < 4.78 is 1.84. The molecule has 0 atom stereocenters. The van der Waals surface area contributed by atoms with E-state index in [1.54, 1.807) is 6.33 Å². The number of ketones is 1. The van der Waals surface area contributed by atoms with Crippen LogP contribution in [-0.4, -0.2) is 15.3 Å². The van der Waals surface area contributed by atoms with Crippen LogP contribution in [0.15, 0.2) is 12.5 Å². The average molecular weight is 220 g/mol. The van der Waals surface area contributed by atoms with Crippen molar-refractivity contribution in [1.29, 1.82) is 0 Å². The van der Waals surface area contributed by atoms with Gasteiger partial charge < -0.3 is 4.57 Å². The molecule has 88 valence electrons. The molecule has 0 N–H and O–H groups in total. The van der Waals surface area contributed by atoms with Crippen LogP contribution in [-0.2, 0) is 7.05 Å². The topological polar surface area (TPSA) is 34.9 Å². The van der Waals surface area contributed by atoms with E-state index in [4.69, 9.17) is 0 Å². The Morgan fingerprint density at radius 1 is 1.44 bits per heavy atom. The number of nitrogens with zero attached hydrogens (tertiary/aromatic N) is 2. The molecule has 0 spiro atoms. The summed E-state index contributed by atoms with van der Waals surface area (Å²) in [4.78, 5) is 16.3. The van der Waals surface area contributed by atoms with Crippen molar-refractivity contribution < 1.29 is 4.79 Å². The third-order valence-electron chi connectivity index (χ3n) is 3.75. The summed E-state index contributed by atoms with van der Waals surface area (Å²) in [5.41, 5.74) is 0.641. The zero-order valence-electron chi connectivity index (χ0n) is 10.1. The highest BCUT2D eigenvalue weighted by atomic mass is 16.1. The molecule has 1 aliphatic carbocycles. The first-order valence-electron chi connectivity index (χ1n) is 6.23. The van der Waals surface area contributed by atoms with Gasteiger partial charge >= 0.3 is 0 Å². The van der Waals surface area contributed by atoms with E-state index in [1.165, 1.54) is 19.3 Å². The molecule has 1 aromatic rings. The molecule has 0 aliphatic heterocycles. The molecule has 3 nitrogen and oxygen atoms in total. The van der Waals surface area contributed by atoms with Gasteiger partial charge in [-0.2, -0.15) is 0 Å². The SMILES string of the molecule is CCC1CCC(C(=O)c2cn(C)cn2)CC1. The van der Waals surface area contributed by atoms with Gasteiger partial charge in [-0.25, -0.2) is 4.98 Å².